The molecule has 0 saturated heterocycles. The molecule has 2 aromatic rings. The van der Waals surface area contributed by atoms with Crippen LogP contribution in [0.25, 0.3) is 0 Å². The Balaban J connectivity index is 1.65. The molecule has 0 unspecified atom stereocenters. The molecule has 0 bridgehead atoms. The monoisotopic (exact) mass is 364 g/mol. The summed E-state index contributed by atoms with van der Waals surface area (Å²) in [6, 6.07) is 15.0. The average molecular weight is 364 g/mol. The topological polar surface area (TPSA) is 58.2 Å². The Labute approximate surface area is 161 Å². The van der Waals surface area contributed by atoms with Gasteiger partial charge in [0.1, 0.15) is 0 Å². The molecular weight excluding hydrogens is 336 g/mol. The van der Waals surface area contributed by atoms with Crippen LogP contribution >= 0.6 is 0 Å². The standard InChI is InChI=1S/C23H28N2O2/c1-23(2,3)18-13-11-17(12-14-18)22(27)25-20-10-6-9-19(15-20)24-21(26)16-7-4-5-8-16/h6,9-16H,4-5,7-8H2,1-3H3,(H,24,26)(H,25,27). The number of carbonyl (C=O) groups excluding carboxylic acids is 2. The number of hydrogen-bond acceptors (Lipinski definition) is 2. The van der Waals surface area contributed by atoms with Gasteiger partial charge in [-0.15, -0.1) is 0 Å². The van der Waals surface area contributed by atoms with Gasteiger partial charge in [0.05, 0.1) is 0 Å². The van der Waals surface area contributed by atoms with E-state index in [1.165, 1.54) is 5.56 Å². The number of anilines is 2. The number of carbonyl (C=O) groups is 2. The highest BCUT2D eigenvalue weighted by Crippen LogP contribution is 2.27. The first-order valence-corrected chi connectivity index (χ1v) is 9.66. The molecule has 0 aliphatic heterocycles. The largest absolute Gasteiger partial charge is 0.326 e. The molecule has 2 aromatic carbocycles. The number of nitrogens with one attached hydrogen (secondary N) is 2. The minimum Gasteiger partial charge on any atom is -0.326 e. The molecule has 1 fully saturated rings. The Bertz CT molecular complexity index is 813. The first-order valence-electron chi connectivity index (χ1n) is 9.66. The molecule has 0 radical (unpaired) electrons. The molecule has 1 aliphatic rings. The fraction of sp³-hybridized carbons (Fsp3) is 0.391. The minimum atomic E-state index is -0.158. The van der Waals surface area contributed by atoms with Crippen molar-refractivity contribution in [1.29, 1.82) is 0 Å². The quantitative estimate of drug-likeness (QED) is 0.767. The van der Waals surface area contributed by atoms with Crippen molar-refractivity contribution in [3.63, 3.8) is 0 Å². The maximum absolute atomic E-state index is 12.5. The summed E-state index contributed by atoms with van der Waals surface area (Å²) in [6.45, 7) is 6.44. The summed E-state index contributed by atoms with van der Waals surface area (Å²) in [6.07, 6.45) is 4.18. The summed E-state index contributed by atoms with van der Waals surface area (Å²) in [5.41, 5.74) is 3.25. The molecule has 4 nitrogen and oxygen atoms in total. The lowest BCUT2D eigenvalue weighted by Gasteiger charge is -2.19. The Morgan fingerprint density at radius 3 is 2.07 bits per heavy atom. The van der Waals surface area contributed by atoms with Crippen LogP contribution in [0.3, 0.4) is 0 Å². The second kappa shape index (κ2) is 7.95. The van der Waals surface area contributed by atoms with Gasteiger partial charge in [0.2, 0.25) is 5.91 Å². The van der Waals surface area contributed by atoms with Crippen LogP contribution in [0.5, 0.6) is 0 Å². The van der Waals surface area contributed by atoms with Crippen LogP contribution in [0.1, 0.15) is 62.4 Å². The van der Waals surface area contributed by atoms with Gasteiger partial charge in [0.25, 0.3) is 5.91 Å². The van der Waals surface area contributed by atoms with E-state index >= 15 is 0 Å². The number of hydrogen-bond donors (Lipinski definition) is 2. The zero-order valence-electron chi connectivity index (χ0n) is 16.3. The molecule has 4 heteroatoms. The second-order valence-corrected chi connectivity index (χ2v) is 8.33. The molecule has 0 heterocycles. The smallest absolute Gasteiger partial charge is 0.255 e. The van der Waals surface area contributed by atoms with Gasteiger partial charge in [-0.2, -0.15) is 0 Å². The third kappa shape index (κ3) is 4.97. The molecule has 1 aliphatic carbocycles. The predicted octanol–water partition coefficient (Wildman–Crippen LogP) is 5.37. The van der Waals surface area contributed by atoms with E-state index in [4.69, 9.17) is 0 Å². The number of benzene rings is 2. The molecule has 1 saturated carbocycles. The Morgan fingerprint density at radius 1 is 0.889 bits per heavy atom. The lowest BCUT2D eigenvalue weighted by molar-refractivity contribution is -0.119. The van der Waals surface area contributed by atoms with Crippen LogP contribution in [0, 0.1) is 5.92 Å². The van der Waals surface area contributed by atoms with Crippen molar-refractivity contribution < 1.29 is 9.59 Å². The third-order valence-electron chi connectivity index (χ3n) is 5.13. The van der Waals surface area contributed by atoms with Gasteiger partial charge < -0.3 is 10.6 Å². The van der Waals surface area contributed by atoms with E-state index < -0.39 is 0 Å². The summed E-state index contributed by atoms with van der Waals surface area (Å²) in [7, 11) is 0. The van der Waals surface area contributed by atoms with Gasteiger partial charge >= 0.3 is 0 Å². The van der Waals surface area contributed by atoms with Crippen molar-refractivity contribution in [3.05, 3.63) is 59.7 Å². The van der Waals surface area contributed by atoms with Gasteiger partial charge in [-0.25, -0.2) is 0 Å². The summed E-state index contributed by atoms with van der Waals surface area (Å²) in [5, 5.41) is 5.88. The molecule has 3 rings (SSSR count). The molecule has 27 heavy (non-hydrogen) atoms. The van der Waals surface area contributed by atoms with E-state index in [0.29, 0.717) is 16.9 Å². The van der Waals surface area contributed by atoms with E-state index in [1.54, 1.807) is 6.07 Å². The van der Waals surface area contributed by atoms with Crippen molar-refractivity contribution in [2.45, 2.75) is 51.9 Å². The van der Waals surface area contributed by atoms with E-state index in [-0.39, 0.29) is 23.1 Å². The number of amides is 2. The van der Waals surface area contributed by atoms with Gasteiger partial charge in [-0.1, -0.05) is 51.8 Å². The van der Waals surface area contributed by atoms with E-state index in [0.717, 1.165) is 25.7 Å². The van der Waals surface area contributed by atoms with E-state index in [9.17, 15) is 9.59 Å². The van der Waals surface area contributed by atoms with Crippen LogP contribution in [-0.2, 0) is 10.2 Å². The Kier molecular flexibility index (Phi) is 5.64. The SMILES string of the molecule is CC(C)(C)c1ccc(C(=O)Nc2cccc(NC(=O)C3CCCC3)c2)cc1. The van der Waals surface area contributed by atoms with Crippen LogP contribution in [0.15, 0.2) is 48.5 Å². The molecule has 0 aromatic heterocycles. The van der Waals surface area contributed by atoms with Crippen molar-refractivity contribution in [2.75, 3.05) is 10.6 Å². The van der Waals surface area contributed by atoms with Gasteiger partial charge in [-0.3, -0.25) is 9.59 Å². The normalized spacial score (nSPS) is 14.8. The summed E-state index contributed by atoms with van der Waals surface area (Å²) < 4.78 is 0. The first-order chi connectivity index (χ1) is 12.8. The Morgan fingerprint density at radius 2 is 1.48 bits per heavy atom. The lowest BCUT2D eigenvalue weighted by atomic mass is 9.87. The summed E-state index contributed by atoms with van der Waals surface area (Å²) >= 11 is 0. The van der Waals surface area contributed by atoms with E-state index in [2.05, 4.69) is 31.4 Å². The van der Waals surface area contributed by atoms with Gasteiger partial charge in [-0.05, 0) is 54.2 Å². The molecule has 142 valence electrons. The molecular formula is C23H28N2O2. The average Bonchev–Trinajstić information content (AvgIpc) is 3.16. The lowest BCUT2D eigenvalue weighted by Crippen LogP contribution is -2.20. The third-order valence-corrected chi connectivity index (χ3v) is 5.13. The van der Waals surface area contributed by atoms with E-state index in [1.807, 2.05) is 42.5 Å². The van der Waals surface area contributed by atoms with Crippen molar-refractivity contribution in [3.8, 4) is 0 Å². The highest BCUT2D eigenvalue weighted by Gasteiger charge is 2.22. The Hall–Kier alpha value is -2.62. The van der Waals surface area contributed by atoms with Crippen molar-refractivity contribution >= 4 is 23.2 Å². The maximum Gasteiger partial charge on any atom is 0.255 e. The maximum atomic E-state index is 12.5. The molecule has 0 atom stereocenters. The zero-order chi connectivity index (χ0) is 19.4. The first kappa shape index (κ1) is 19.2. The van der Waals surface area contributed by atoms with Crippen LogP contribution in [0.4, 0.5) is 11.4 Å². The summed E-state index contributed by atoms with van der Waals surface area (Å²) in [4.78, 5) is 24.8. The molecule has 2 N–H and O–H groups in total. The highest BCUT2D eigenvalue weighted by atomic mass is 16.2. The molecule has 0 spiro atoms. The van der Waals surface area contributed by atoms with Crippen LogP contribution in [0.2, 0.25) is 0 Å². The van der Waals surface area contributed by atoms with Crippen molar-refractivity contribution in [1.82, 2.24) is 0 Å². The van der Waals surface area contributed by atoms with Gasteiger partial charge in [0.15, 0.2) is 0 Å². The minimum absolute atomic E-state index is 0.0564. The van der Waals surface area contributed by atoms with Crippen LogP contribution in [-0.4, -0.2) is 11.8 Å². The molecule has 2 amide bonds. The van der Waals surface area contributed by atoms with Crippen molar-refractivity contribution in [2.24, 2.45) is 5.92 Å². The zero-order valence-corrected chi connectivity index (χ0v) is 16.3. The highest BCUT2D eigenvalue weighted by molar-refractivity contribution is 6.04. The summed E-state index contributed by atoms with van der Waals surface area (Å²) in [5.74, 6) is 0.0352. The second-order valence-electron chi connectivity index (χ2n) is 8.33. The van der Waals surface area contributed by atoms with Crippen LogP contribution < -0.4 is 10.6 Å². The fourth-order valence-electron chi connectivity index (χ4n) is 3.43. The fourth-order valence-corrected chi connectivity index (χ4v) is 3.43. The predicted molar refractivity (Wildman–Crippen MR) is 110 cm³/mol. The van der Waals surface area contributed by atoms with Gasteiger partial charge in [0, 0.05) is 22.9 Å². The number of rotatable bonds is 4.